The highest BCUT2D eigenvalue weighted by Crippen LogP contribution is 2.52. The number of allylic oxidation sites excluding steroid dienone is 2. The summed E-state index contributed by atoms with van der Waals surface area (Å²) in [7, 11) is 0. The van der Waals surface area contributed by atoms with Crippen LogP contribution < -0.4 is 0 Å². The molecule has 3 atom stereocenters. The fraction of sp³-hybridized carbons (Fsp3) is 0.577. The van der Waals surface area contributed by atoms with Crippen LogP contribution in [0.2, 0.25) is 0 Å². The SMILES string of the molecule is CCc1cc(C)cc(CC)c1C1=C(OC(=O)C(C)(C)C)C2CC(C=NCO)CC2C1=O. The number of hydrogen-bond donors (Lipinski definition) is 1. The number of nitrogens with zero attached hydrogens (tertiary/aromatic N) is 1. The molecule has 0 bridgehead atoms. The number of carbonyl (C=O) groups is 2. The zero-order chi connectivity index (χ0) is 22.9. The zero-order valence-electron chi connectivity index (χ0n) is 19.6. The van der Waals surface area contributed by atoms with Crippen molar-refractivity contribution in [2.75, 3.05) is 6.73 Å². The number of Topliss-reactive ketones (excluding diaryl/α,β-unsaturated/α-hetero) is 1. The van der Waals surface area contributed by atoms with E-state index in [1.165, 1.54) is 5.56 Å². The van der Waals surface area contributed by atoms with Crippen molar-refractivity contribution >= 4 is 23.5 Å². The summed E-state index contributed by atoms with van der Waals surface area (Å²) in [5.41, 5.74) is 4.35. The molecule has 3 rings (SSSR count). The monoisotopic (exact) mass is 425 g/mol. The Kier molecular flexibility index (Phi) is 6.85. The highest BCUT2D eigenvalue weighted by Gasteiger charge is 2.50. The number of benzene rings is 1. The number of ether oxygens (including phenoxy) is 1. The van der Waals surface area contributed by atoms with Crippen LogP contribution in [0.1, 0.15) is 69.7 Å². The molecule has 1 aromatic carbocycles. The maximum atomic E-state index is 13.7. The summed E-state index contributed by atoms with van der Waals surface area (Å²) in [6, 6.07) is 4.28. The van der Waals surface area contributed by atoms with E-state index in [4.69, 9.17) is 9.84 Å². The summed E-state index contributed by atoms with van der Waals surface area (Å²) in [6.07, 6.45) is 4.73. The molecule has 5 heteroatoms. The minimum absolute atomic E-state index is 0.0786. The Morgan fingerprint density at radius 1 is 1.16 bits per heavy atom. The van der Waals surface area contributed by atoms with E-state index < -0.39 is 5.41 Å². The second kappa shape index (κ2) is 9.07. The first-order valence-electron chi connectivity index (χ1n) is 11.4. The Balaban J connectivity index is 2.17. The van der Waals surface area contributed by atoms with Crippen LogP contribution in [0.5, 0.6) is 0 Å². The number of fused-ring (bicyclic) bond motifs is 1. The predicted octanol–water partition coefficient (Wildman–Crippen LogP) is 4.67. The number of aliphatic imine (C=N–C) groups is 1. The van der Waals surface area contributed by atoms with Gasteiger partial charge in [-0.05, 0) is 76.0 Å². The third kappa shape index (κ3) is 4.52. The molecule has 2 aliphatic carbocycles. The van der Waals surface area contributed by atoms with Gasteiger partial charge in [-0.2, -0.15) is 0 Å². The number of esters is 1. The molecule has 0 heterocycles. The highest BCUT2D eigenvalue weighted by atomic mass is 16.5. The van der Waals surface area contributed by atoms with Crippen molar-refractivity contribution in [3.05, 3.63) is 40.1 Å². The minimum Gasteiger partial charge on any atom is -0.430 e. The molecule has 31 heavy (non-hydrogen) atoms. The number of rotatable bonds is 6. The fourth-order valence-corrected chi connectivity index (χ4v) is 4.91. The van der Waals surface area contributed by atoms with Crippen molar-refractivity contribution in [1.29, 1.82) is 0 Å². The lowest BCUT2D eigenvalue weighted by Gasteiger charge is -2.22. The van der Waals surface area contributed by atoms with Gasteiger partial charge >= 0.3 is 5.97 Å². The Labute approximate surface area is 185 Å². The molecule has 1 N–H and O–H groups in total. The van der Waals surface area contributed by atoms with Crippen LogP contribution in [0.3, 0.4) is 0 Å². The van der Waals surface area contributed by atoms with Crippen LogP contribution in [0, 0.1) is 30.1 Å². The van der Waals surface area contributed by atoms with Crippen LogP contribution in [-0.4, -0.2) is 29.8 Å². The van der Waals surface area contributed by atoms with Gasteiger partial charge in [0.05, 0.1) is 11.0 Å². The Hall–Kier alpha value is -2.27. The van der Waals surface area contributed by atoms with Gasteiger partial charge in [-0.1, -0.05) is 31.5 Å². The van der Waals surface area contributed by atoms with Gasteiger partial charge in [0.2, 0.25) is 0 Å². The second-order valence-corrected chi connectivity index (χ2v) is 9.83. The Bertz CT molecular complexity index is 910. The molecule has 0 saturated heterocycles. The maximum Gasteiger partial charge on any atom is 0.316 e. The number of ketones is 1. The van der Waals surface area contributed by atoms with E-state index in [9.17, 15) is 9.59 Å². The highest BCUT2D eigenvalue weighted by molar-refractivity contribution is 6.26. The molecule has 1 saturated carbocycles. The predicted molar refractivity (Wildman–Crippen MR) is 123 cm³/mol. The lowest BCUT2D eigenvalue weighted by atomic mass is 9.87. The standard InChI is InChI=1S/C26H35NO4/c1-7-17-9-15(3)10-18(8-2)21(17)22-23(29)19-11-16(13-27-14-28)12-20(19)24(22)31-25(30)26(4,5)6/h9-10,13,16,19-20,28H,7-8,11-12,14H2,1-6H3. The molecule has 1 fully saturated rings. The molecule has 0 aromatic heterocycles. The number of aliphatic hydroxyl groups excluding tert-OH is 1. The largest absolute Gasteiger partial charge is 0.430 e. The number of carbonyl (C=O) groups excluding carboxylic acids is 2. The van der Waals surface area contributed by atoms with Crippen molar-refractivity contribution in [3.63, 3.8) is 0 Å². The summed E-state index contributed by atoms with van der Waals surface area (Å²) < 4.78 is 6.04. The average molecular weight is 426 g/mol. The van der Waals surface area contributed by atoms with Crippen LogP contribution in [0.15, 0.2) is 22.9 Å². The first-order chi connectivity index (χ1) is 14.6. The molecule has 1 aromatic rings. The molecule has 5 nitrogen and oxygen atoms in total. The second-order valence-electron chi connectivity index (χ2n) is 9.83. The van der Waals surface area contributed by atoms with E-state index in [2.05, 4.69) is 37.9 Å². The van der Waals surface area contributed by atoms with Gasteiger partial charge in [-0.3, -0.25) is 14.6 Å². The molecular formula is C26H35NO4. The first-order valence-corrected chi connectivity index (χ1v) is 11.4. The zero-order valence-corrected chi connectivity index (χ0v) is 19.6. The van der Waals surface area contributed by atoms with Gasteiger partial charge in [0.1, 0.15) is 12.5 Å². The minimum atomic E-state index is -0.663. The molecule has 3 unspecified atom stereocenters. The van der Waals surface area contributed by atoms with Gasteiger partial charge < -0.3 is 9.84 Å². The summed E-state index contributed by atoms with van der Waals surface area (Å²) in [6.45, 7) is 11.5. The number of aliphatic hydroxyl groups is 1. The summed E-state index contributed by atoms with van der Waals surface area (Å²) in [5, 5.41) is 9.03. The summed E-state index contributed by atoms with van der Waals surface area (Å²) >= 11 is 0. The van der Waals surface area contributed by atoms with Crippen molar-refractivity contribution in [2.24, 2.45) is 28.2 Å². The third-order valence-electron chi connectivity index (χ3n) is 6.44. The summed E-state index contributed by atoms with van der Waals surface area (Å²) in [5.74, 6) is 0.0793. The van der Waals surface area contributed by atoms with Crippen molar-refractivity contribution in [2.45, 2.75) is 67.2 Å². The van der Waals surface area contributed by atoms with Crippen molar-refractivity contribution < 1.29 is 19.4 Å². The van der Waals surface area contributed by atoms with Crippen LogP contribution >= 0.6 is 0 Å². The van der Waals surface area contributed by atoms with Gasteiger partial charge in [-0.15, -0.1) is 0 Å². The molecule has 0 spiro atoms. The molecule has 0 amide bonds. The lowest BCUT2D eigenvalue weighted by Crippen LogP contribution is -2.24. The topological polar surface area (TPSA) is 76.0 Å². The van der Waals surface area contributed by atoms with Crippen LogP contribution in [0.25, 0.3) is 5.57 Å². The quantitative estimate of drug-likeness (QED) is 0.531. The van der Waals surface area contributed by atoms with E-state index in [1.807, 2.05) is 20.8 Å². The van der Waals surface area contributed by atoms with E-state index in [1.54, 1.807) is 6.21 Å². The van der Waals surface area contributed by atoms with E-state index in [0.29, 0.717) is 24.2 Å². The van der Waals surface area contributed by atoms with Gasteiger partial charge in [0.15, 0.2) is 5.78 Å². The maximum absolute atomic E-state index is 13.7. The van der Waals surface area contributed by atoms with E-state index in [-0.39, 0.29) is 36.2 Å². The molecule has 0 aliphatic heterocycles. The molecule has 0 radical (unpaired) electrons. The van der Waals surface area contributed by atoms with Crippen LogP contribution in [-0.2, 0) is 27.2 Å². The normalized spacial score (nSPS) is 23.7. The fourth-order valence-electron chi connectivity index (χ4n) is 4.91. The van der Waals surface area contributed by atoms with Gasteiger partial charge in [0.25, 0.3) is 0 Å². The Morgan fingerprint density at radius 3 is 2.26 bits per heavy atom. The lowest BCUT2D eigenvalue weighted by molar-refractivity contribution is -0.149. The molecule has 168 valence electrons. The smallest absolute Gasteiger partial charge is 0.316 e. The van der Waals surface area contributed by atoms with E-state index >= 15 is 0 Å². The average Bonchev–Trinajstić information content (AvgIpc) is 3.23. The first kappa shape index (κ1) is 23.4. The third-order valence-corrected chi connectivity index (χ3v) is 6.44. The molecular weight excluding hydrogens is 390 g/mol. The van der Waals surface area contributed by atoms with E-state index in [0.717, 1.165) is 29.5 Å². The van der Waals surface area contributed by atoms with Crippen LogP contribution in [0.4, 0.5) is 0 Å². The number of aryl methyl sites for hydroxylation is 3. The van der Waals surface area contributed by atoms with Gasteiger partial charge in [-0.25, -0.2) is 0 Å². The van der Waals surface area contributed by atoms with Gasteiger partial charge in [0, 0.05) is 18.1 Å². The summed E-state index contributed by atoms with van der Waals surface area (Å²) in [4.78, 5) is 30.6. The Morgan fingerprint density at radius 2 is 1.74 bits per heavy atom. The van der Waals surface area contributed by atoms with Crippen molar-refractivity contribution in [1.82, 2.24) is 0 Å². The molecule has 2 aliphatic rings. The van der Waals surface area contributed by atoms with Crippen molar-refractivity contribution in [3.8, 4) is 0 Å². The number of hydrogen-bond acceptors (Lipinski definition) is 5.